The van der Waals surface area contributed by atoms with Gasteiger partial charge < -0.3 is 9.47 Å². The highest BCUT2D eigenvalue weighted by Gasteiger charge is 2.14. The van der Waals surface area contributed by atoms with Crippen molar-refractivity contribution in [1.29, 1.82) is 0 Å². The molecule has 0 aliphatic rings. The predicted molar refractivity (Wildman–Crippen MR) is 59.3 cm³/mol. The van der Waals surface area contributed by atoms with Crippen molar-refractivity contribution >= 4 is 5.97 Å². The molecule has 1 atom stereocenters. The maximum Gasteiger partial charge on any atom is 0.341 e. The molecule has 0 spiro atoms. The largest absolute Gasteiger partial charge is 0.462 e. The van der Waals surface area contributed by atoms with E-state index in [0.29, 0.717) is 24.3 Å². The molecule has 0 saturated heterocycles. The smallest absolute Gasteiger partial charge is 0.341 e. The Hall–Kier alpha value is -1.36. The van der Waals surface area contributed by atoms with Crippen molar-refractivity contribution in [2.45, 2.75) is 26.4 Å². The van der Waals surface area contributed by atoms with Crippen molar-refractivity contribution < 1.29 is 14.3 Å². The summed E-state index contributed by atoms with van der Waals surface area (Å²) in [5.74, 6) is -0.325. The maximum absolute atomic E-state index is 11.6. The van der Waals surface area contributed by atoms with Crippen molar-refractivity contribution in [2.24, 2.45) is 7.05 Å². The molecule has 0 saturated carbocycles. The van der Waals surface area contributed by atoms with Crippen LogP contribution in [0.1, 0.15) is 29.4 Å². The number of aromatic nitrogens is 2. The van der Waals surface area contributed by atoms with Crippen LogP contribution in [0.15, 0.2) is 6.20 Å². The Morgan fingerprint density at radius 3 is 2.81 bits per heavy atom. The third-order valence-corrected chi connectivity index (χ3v) is 2.39. The van der Waals surface area contributed by atoms with E-state index in [4.69, 9.17) is 9.47 Å². The molecule has 16 heavy (non-hydrogen) atoms. The van der Waals surface area contributed by atoms with E-state index in [0.717, 1.165) is 0 Å². The number of aryl methyl sites for hydroxylation is 2. The van der Waals surface area contributed by atoms with Gasteiger partial charge in [0.25, 0.3) is 0 Å². The average Bonchev–Trinajstić information content (AvgIpc) is 2.57. The molecule has 1 unspecified atom stereocenters. The van der Waals surface area contributed by atoms with Gasteiger partial charge in [0.2, 0.25) is 0 Å². The van der Waals surface area contributed by atoms with Gasteiger partial charge in [-0.2, -0.15) is 5.10 Å². The van der Waals surface area contributed by atoms with Crippen LogP contribution in [0.5, 0.6) is 0 Å². The summed E-state index contributed by atoms with van der Waals surface area (Å²) < 4.78 is 11.8. The summed E-state index contributed by atoms with van der Waals surface area (Å²) in [6.45, 7) is 4.08. The monoisotopic (exact) mass is 226 g/mol. The fourth-order valence-corrected chi connectivity index (χ4v) is 1.31. The Balaban J connectivity index is 2.44. The zero-order chi connectivity index (χ0) is 12.1. The molecule has 0 aliphatic carbocycles. The highest BCUT2D eigenvalue weighted by atomic mass is 16.5. The average molecular weight is 226 g/mol. The lowest BCUT2D eigenvalue weighted by molar-refractivity contribution is 0.0390. The summed E-state index contributed by atoms with van der Waals surface area (Å²) in [4.78, 5) is 11.6. The number of carbonyl (C=O) groups is 1. The normalized spacial score (nSPS) is 12.5. The van der Waals surface area contributed by atoms with E-state index in [2.05, 4.69) is 5.10 Å². The number of rotatable bonds is 5. The van der Waals surface area contributed by atoms with Crippen LogP contribution in [0.3, 0.4) is 0 Å². The predicted octanol–water partition coefficient (Wildman–Crippen LogP) is 1.31. The van der Waals surface area contributed by atoms with Gasteiger partial charge in [-0.25, -0.2) is 4.79 Å². The van der Waals surface area contributed by atoms with Gasteiger partial charge in [0.05, 0.1) is 18.4 Å². The number of carbonyl (C=O) groups excluding carboxylic acids is 1. The van der Waals surface area contributed by atoms with Crippen molar-refractivity contribution in [2.75, 3.05) is 13.7 Å². The second-order valence-electron chi connectivity index (χ2n) is 3.77. The Morgan fingerprint density at radius 1 is 1.62 bits per heavy atom. The van der Waals surface area contributed by atoms with Crippen LogP contribution >= 0.6 is 0 Å². The van der Waals surface area contributed by atoms with E-state index < -0.39 is 0 Å². The summed E-state index contributed by atoms with van der Waals surface area (Å²) in [6.07, 6.45) is 2.46. The first-order valence-corrected chi connectivity index (χ1v) is 5.24. The first-order valence-electron chi connectivity index (χ1n) is 5.24. The SMILES string of the molecule is COC(C)CCOC(=O)c1cn(C)nc1C. The first-order chi connectivity index (χ1) is 7.54. The molecule has 5 heteroatoms. The summed E-state index contributed by atoms with van der Waals surface area (Å²) >= 11 is 0. The van der Waals surface area contributed by atoms with Gasteiger partial charge in [0.15, 0.2) is 0 Å². The molecule has 0 N–H and O–H groups in total. The zero-order valence-corrected chi connectivity index (χ0v) is 10.2. The lowest BCUT2D eigenvalue weighted by atomic mass is 10.2. The second-order valence-corrected chi connectivity index (χ2v) is 3.77. The molecule has 0 amide bonds. The molecule has 0 aromatic carbocycles. The van der Waals surface area contributed by atoms with Crippen molar-refractivity contribution in [3.8, 4) is 0 Å². The molecular formula is C11H18N2O3. The molecule has 0 aliphatic heterocycles. The first kappa shape index (κ1) is 12.7. The van der Waals surface area contributed by atoms with E-state index in [9.17, 15) is 4.79 Å². The van der Waals surface area contributed by atoms with Crippen LogP contribution in [0.2, 0.25) is 0 Å². The molecule has 90 valence electrons. The molecule has 5 nitrogen and oxygen atoms in total. The maximum atomic E-state index is 11.6. The quantitative estimate of drug-likeness (QED) is 0.710. The van der Waals surface area contributed by atoms with Crippen molar-refractivity contribution in [1.82, 2.24) is 9.78 Å². The zero-order valence-electron chi connectivity index (χ0n) is 10.2. The van der Waals surface area contributed by atoms with Gasteiger partial charge in [0.1, 0.15) is 5.56 Å². The standard InChI is InChI=1S/C11H18N2O3/c1-8(15-4)5-6-16-11(14)10-7-13(3)12-9(10)2/h7-8H,5-6H2,1-4H3. The van der Waals surface area contributed by atoms with Gasteiger partial charge in [-0.15, -0.1) is 0 Å². The minimum atomic E-state index is -0.325. The number of methoxy groups -OCH3 is 1. The van der Waals surface area contributed by atoms with Crippen molar-refractivity contribution in [3.05, 3.63) is 17.5 Å². The summed E-state index contributed by atoms with van der Waals surface area (Å²) in [5.41, 5.74) is 1.21. The molecule has 0 fully saturated rings. The molecule has 1 heterocycles. The lowest BCUT2D eigenvalue weighted by Crippen LogP contribution is -2.13. The highest BCUT2D eigenvalue weighted by molar-refractivity contribution is 5.90. The van der Waals surface area contributed by atoms with E-state index in [-0.39, 0.29) is 12.1 Å². The number of hydrogen-bond donors (Lipinski definition) is 0. The number of nitrogens with zero attached hydrogens (tertiary/aromatic N) is 2. The Kier molecular flexibility index (Phi) is 4.49. The Bertz CT molecular complexity index is 360. The highest BCUT2D eigenvalue weighted by Crippen LogP contribution is 2.07. The topological polar surface area (TPSA) is 53.4 Å². The van der Waals surface area contributed by atoms with Crippen LogP contribution < -0.4 is 0 Å². The van der Waals surface area contributed by atoms with Gasteiger partial charge >= 0.3 is 5.97 Å². The third-order valence-electron chi connectivity index (χ3n) is 2.39. The van der Waals surface area contributed by atoms with Crippen LogP contribution in [0.25, 0.3) is 0 Å². The van der Waals surface area contributed by atoms with Gasteiger partial charge in [-0.1, -0.05) is 0 Å². The number of hydrogen-bond acceptors (Lipinski definition) is 4. The molecule has 0 bridgehead atoms. The molecule has 1 rings (SSSR count). The van der Waals surface area contributed by atoms with E-state index in [1.165, 1.54) is 0 Å². The summed E-state index contributed by atoms with van der Waals surface area (Å²) in [6, 6.07) is 0. The fraction of sp³-hybridized carbons (Fsp3) is 0.636. The van der Waals surface area contributed by atoms with Crippen LogP contribution in [-0.2, 0) is 16.5 Å². The van der Waals surface area contributed by atoms with Gasteiger partial charge in [-0.05, 0) is 13.8 Å². The minimum absolute atomic E-state index is 0.0998. The second kappa shape index (κ2) is 5.65. The summed E-state index contributed by atoms with van der Waals surface area (Å²) in [7, 11) is 3.41. The lowest BCUT2D eigenvalue weighted by Gasteiger charge is -2.09. The number of ether oxygens (including phenoxy) is 2. The molecule has 1 aromatic rings. The van der Waals surface area contributed by atoms with Crippen LogP contribution in [-0.4, -0.2) is 35.6 Å². The van der Waals surface area contributed by atoms with Crippen LogP contribution in [0, 0.1) is 6.92 Å². The third kappa shape index (κ3) is 3.34. The molecule has 1 aromatic heterocycles. The Labute approximate surface area is 95.3 Å². The Morgan fingerprint density at radius 2 is 2.31 bits per heavy atom. The fourth-order valence-electron chi connectivity index (χ4n) is 1.31. The van der Waals surface area contributed by atoms with Gasteiger partial charge in [0, 0.05) is 26.8 Å². The molecular weight excluding hydrogens is 208 g/mol. The van der Waals surface area contributed by atoms with E-state index >= 15 is 0 Å². The van der Waals surface area contributed by atoms with Crippen molar-refractivity contribution in [3.63, 3.8) is 0 Å². The van der Waals surface area contributed by atoms with Gasteiger partial charge in [-0.3, -0.25) is 4.68 Å². The van der Waals surface area contributed by atoms with E-state index in [1.807, 2.05) is 6.92 Å². The van der Waals surface area contributed by atoms with Crippen LogP contribution in [0.4, 0.5) is 0 Å². The van der Waals surface area contributed by atoms with E-state index in [1.54, 1.807) is 32.0 Å². The minimum Gasteiger partial charge on any atom is -0.462 e. The number of esters is 1. The molecule has 0 radical (unpaired) electrons. The summed E-state index contributed by atoms with van der Waals surface area (Å²) in [5, 5.41) is 4.08.